The second-order valence-corrected chi connectivity index (χ2v) is 6.47. The minimum Gasteiger partial charge on any atom is -0.374 e. The highest BCUT2D eigenvalue weighted by Crippen LogP contribution is 2.34. The maximum atomic E-state index is 5.86. The summed E-state index contributed by atoms with van der Waals surface area (Å²) in [7, 11) is 0. The van der Waals surface area contributed by atoms with Gasteiger partial charge in [0.1, 0.15) is 5.82 Å². The van der Waals surface area contributed by atoms with Crippen LogP contribution in [0.1, 0.15) is 49.8 Å². The molecule has 116 valence electrons. The Labute approximate surface area is 131 Å². The van der Waals surface area contributed by atoms with E-state index < -0.39 is 0 Å². The number of fused-ring (bicyclic) bond motifs is 1. The summed E-state index contributed by atoms with van der Waals surface area (Å²) in [4.78, 5) is 2.51. The normalized spacial score (nSPS) is 20.6. The Morgan fingerprint density at radius 1 is 1.38 bits per heavy atom. The number of likely N-dealkylation sites (tertiary alicyclic amines) is 1. The maximum absolute atomic E-state index is 5.86. The summed E-state index contributed by atoms with van der Waals surface area (Å²) in [5.74, 6) is 1.60. The molecule has 0 amide bonds. The Balaban J connectivity index is 1.90. The summed E-state index contributed by atoms with van der Waals surface area (Å²) in [5.41, 5.74) is 8.45. The molecule has 0 bridgehead atoms. The van der Waals surface area contributed by atoms with Crippen LogP contribution in [0.3, 0.4) is 0 Å². The minimum atomic E-state index is 0.345. The van der Waals surface area contributed by atoms with Gasteiger partial charge in [0.25, 0.3) is 0 Å². The monoisotopic (exact) mass is 307 g/mol. The van der Waals surface area contributed by atoms with E-state index in [9.17, 15) is 0 Å². The lowest BCUT2D eigenvalue weighted by Crippen LogP contribution is -2.33. The zero-order valence-corrected chi connectivity index (χ0v) is 13.6. The van der Waals surface area contributed by atoms with Crippen molar-refractivity contribution in [2.45, 2.75) is 44.9 Å². The highest BCUT2D eigenvalue weighted by molar-refractivity contribution is 7.80. The molecule has 3 N–H and O–H groups in total. The van der Waals surface area contributed by atoms with Crippen LogP contribution in [-0.4, -0.2) is 46.0 Å². The molecule has 1 aromatic heterocycles. The van der Waals surface area contributed by atoms with Gasteiger partial charge in [-0.25, -0.2) is 0 Å². The summed E-state index contributed by atoms with van der Waals surface area (Å²) in [6, 6.07) is 0. The van der Waals surface area contributed by atoms with Gasteiger partial charge in [-0.3, -0.25) is 0 Å². The van der Waals surface area contributed by atoms with Crippen LogP contribution in [0.15, 0.2) is 0 Å². The first-order chi connectivity index (χ1) is 10.2. The molecule has 1 saturated heterocycles. The third-order valence-corrected chi connectivity index (χ3v) is 4.96. The maximum Gasteiger partial charge on any atom is 0.193 e. The van der Waals surface area contributed by atoms with Crippen LogP contribution in [0.2, 0.25) is 0 Å². The van der Waals surface area contributed by atoms with Gasteiger partial charge < -0.3 is 16.0 Å². The van der Waals surface area contributed by atoms with Gasteiger partial charge in [0.2, 0.25) is 0 Å². The van der Waals surface area contributed by atoms with E-state index in [2.05, 4.69) is 17.1 Å². The number of nitrogens with one attached hydrogen (secondary N) is 1. The van der Waals surface area contributed by atoms with Crippen LogP contribution in [0.4, 0.5) is 5.82 Å². The van der Waals surface area contributed by atoms with Gasteiger partial charge in [0.15, 0.2) is 5.11 Å². The number of hydrogen-bond donors (Lipinski definition) is 2. The van der Waals surface area contributed by atoms with Crippen LogP contribution < -0.4 is 11.1 Å². The van der Waals surface area contributed by atoms with E-state index in [0.29, 0.717) is 11.0 Å². The van der Waals surface area contributed by atoms with E-state index in [1.54, 1.807) is 4.68 Å². The molecule has 0 atom stereocenters. The lowest BCUT2D eigenvalue weighted by atomic mass is 9.90. The topological polar surface area (TPSA) is 59.1 Å². The predicted molar refractivity (Wildman–Crippen MR) is 89.9 cm³/mol. The van der Waals surface area contributed by atoms with Crippen LogP contribution in [0, 0.1) is 0 Å². The van der Waals surface area contributed by atoms with Gasteiger partial charge in [-0.05, 0) is 64.0 Å². The molecule has 2 aliphatic heterocycles. The molecule has 0 unspecified atom stereocenters. The quantitative estimate of drug-likeness (QED) is 0.818. The molecule has 0 radical (unpaired) electrons. The number of piperidine rings is 1. The average molecular weight is 307 g/mol. The summed E-state index contributed by atoms with van der Waals surface area (Å²) < 4.78 is 1.75. The van der Waals surface area contributed by atoms with Crippen molar-refractivity contribution in [2.24, 2.45) is 5.73 Å². The Morgan fingerprint density at radius 2 is 2.14 bits per heavy atom. The van der Waals surface area contributed by atoms with E-state index in [1.165, 1.54) is 50.0 Å². The fraction of sp³-hybridized carbons (Fsp3) is 0.733. The minimum absolute atomic E-state index is 0.345. The highest BCUT2D eigenvalue weighted by atomic mass is 32.1. The van der Waals surface area contributed by atoms with Crippen molar-refractivity contribution in [1.29, 1.82) is 0 Å². The summed E-state index contributed by atoms with van der Waals surface area (Å²) in [6.45, 7) is 6.70. The van der Waals surface area contributed by atoms with Gasteiger partial charge in [0, 0.05) is 18.0 Å². The van der Waals surface area contributed by atoms with E-state index in [1.807, 2.05) is 0 Å². The SMILES string of the molecule is CCN1CCC(c2nn(C(N)=S)c3c2CCCCN3)CC1. The fourth-order valence-electron chi connectivity index (χ4n) is 3.54. The zero-order valence-electron chi connectivity index (χ0n) is 12.8. The molecule has 1 aromatic rings. The number of anilines is 1. The van der Waals surface area contributed by atoms with Crippen molar-refractivity contribution in [3.8, 4) is 0 Å². The molecule has 21 heavy (non-hydrogen) atoms. The lowest BCUT2D eigenvalue weighted by Gasteiger charge is -2.30. The van der Waals surface area contributed by atoms with E-state index >= 15 is 0 Å². The average Bonchev–Trinajstić information content (AvgIpc) is 2.69. The molecule has 0 saturated carbocycles. The van der Waals surface area contributed by atoms with Gasteiger partial charge in [-0.15, -0.1) is 0 Å². The lowest BCUT2D eigenvalue weighted by molar-refractivity contribution is 0.220. The molecule has 6 heteroatoms. The molecular weight excluding hydrogens is 282 g/mol. The largest absolute Gasteiger partial charge is 0.374 e. The first-order valence-electron chi connectivity index (χ1n) is 8.08. The second kappa shape index (κ2) is 6.32. The molecule has 1 fully saturated rings. The Kier molecular flexibility index (Phi) is 4.45. The molecule has 0 spiro atoms. The molecule has 5 nitrogen and oxygen atoms in total. The van der Waals surface area contributed by atoms with Crippen LogP contribution in [0.5, 0.6) is 0 Å². The van der Waals surface area contributed by atoms with Crippen molar-refractivity contribution in [3.63, 3.8) is 0 Å². The van der Waals surface area contributed by atoms with Crippen molar-refractivity contribution in [2.75, 3.05) is 31.5 Å². The van der Waals surface area contributed by atoms with Crippen molar-refractivity contribution in [3.05, 3.63) is 11.3 Å². The van der Waals surface area contributed by atoms with Crippen LogP contribution in [0.25, 0.3) is 0 Å². The summed E-state index contributed by atoms with van der Waals surface area (Å²) >= 11 is 5.17. The van der Waals surface area contributed by atoms with E-state index in [4.69, 9.17) is 23.1 Å². The first kappa shape index (κ1) is 14.8. The van der Waals surface area contributed by atoms with Gasteiger partial charge >= 0.3 is 0 Å². The molecule has 0 aromatic carbocycles. The zero-order chi connectivity index (χ0) is 14.8. The third kappa shape index (κ3) is 2.92. The second-order valence-electron chi connectivity index (χ2n) is 6.05. The summed E-state index contributed by atoms with van der Waals surface area (Å²) in [6.07, 6.45) is 5.88. The first-order valence-corrected chi connectivity index (χ1v) is 8.49. The number of hydrogen-bond acceptors (Lipinski definition) is 4. The van der Waals surface area contributed by atoms with Crippen molar-refractivity contribution < 1.29 is 0 Å². The highest BCUT2D eigenvalue weighted by Gasteiger charge is 2.28. The van der Waals surface area contributed by atoms with Crippen molar-refractivity contribution in [1.82, 2.24) is 14.7 Å². The fourth-order valence-corrected chi connectivity index (χ4v) is 3.67. The van der Waals surface area contributed by atoms with E-state index in [0.717, 1.165) is 25.3 Å². The molecular formula is C15H25N5S. The van der Waals surface area contributed by atoms with Crippen LogP contribution >= 0.6 is 12.2 Å². The third-order valence-electron chi connectivity index (χ3n) is 4.79. The van der Waals surface area contributed by atoms with Crippen LogP contribution in [-0.2, 0) is 6.42 Å². The Bertz CT molecular complexity index is 516. The molecule has 2 aliphatic rings. The molecule has 3 heterocycles. The number of rotatable bonds is 2. The number of nitrogens with zero attached hydrogens (tertiary/aromatic N) is 3. The standard InChI is InChI=1S/C15H25N5S/c1-2-19-9-6-11(7-10-19)13-12-5-3-4-8-17-14(12)20(18-13)15(16)21/h11,17H,2-10H2,1H3,(H2,16,21). The molecule has 3 rings (SSSR count). The number of nitrogens with two attached hydrogens (primary N) is 1. The Morgan fingerprint density at radius 3 is 2.81 bits per heavy atom. The number of aromatic nitrogens is 2. The van der Waals surface area contributed by atoms with Gasteiger partial charge in [-0.2, -0.15) is 9.78 Å². The van der Waals surface area contributed by atoms with Crippen molar-refractivity contribution >= 4 is 23.1 Å². The van der Waals surface area contributed by atoms with Gasteiger partial charge in [-0.1, -0.05) is 6.92 Å². The molecule has 0 aliphatic carbocycles. The van der Waals surface area contributed by atoms with E-state index in [-0.39, 0.29) is 0 Å². The number of thiocarbonyl (C=S) groups is 1. The van der Waals surface area contributed by atoms with Gasteiger partial charge in [0.05, 0.1) is 5.69 Å². The Hall–Kier alpha value is -1.14. The smallest absolute Gasteiger partial charge is 0.193 e. The summed E-state index contributed by atoms with van der Waals surface area (Å²) in [5, 5.41) is 8.60. The predicted octanol–water partition coefficient (Wildman–Crippen LogP) is 1.92.